The van der Waals surface area contributed by atoms with E-state index in [0.717, 1.165) is 30.7 Å². The fourth-order valence-electron chi connectivity index (χ4n) is 2.18. The highest BCUT2D eigenvalue weighted by molar-refractivity contribution is 5.71. The van der Waals surface area contributed by atoms with Gasteiger partial charge in [-0.25, -0.2) is 9.97 Å². The molecule has 1 N–H and O–H groups in total. The van der Waals surface area contributed by atoms with Crippen molar-refractivity contribution in [2.45, 2.75) is 18.9 Å². The summed E-state index contributed by atoms with van der Waals surface area (Å²) in [7, 11) is 0. The first-order valence-electron chi connectivity index (χ1n) is 5.84. The van der Waals surface area contributed by atoms with Crippen molar-refractivity contribution >= 4 is 17.0 Å². The van der Waals surface area contributed by atoms with Crippen LogP contribution in [-0.2, 0) is 0 Å². The second kappa shape index (κ2) is 4.25. The molecule has 0 aromatic carbocycles. The van der Waals surface area contributed by atoms with Crippen molar-refractivity contribution in [2.24, 2.45) is 0 Å². The van der Waals surface area contributed by atoms with Crippen LogP contribution >= 0.6 is 0 Å². The molecule has 1 fully saturated rings. The Hall–Kier alpha value is -1.75. The van der Waals surface area contributed by atoms with Crippen molar-refractivity contribution in [1.29, 1.82) is 0 Å². The summed E-state index contributed by atoms with van der Waals surface area (Å²) >= 11 is 0. The number of aliphatic hydroxyl groups is 1. The van der Waals surface area contributed by atoms with Gasteiger partial charge in [-0.15, -0.1) is 0 Å². The fraction of sp³-hybridized carbons (Fsp3) is 0.417. The van der Waals surface area contributed by atoms with Crippen LogP contribution in [0.4, 0.5) is 5.82 Å². The first-order valence-corrected chi connectivity index (χ1v) is 5.84. The van der Waals surface area contributed by atoms with E-state index in [-0.39, 0.29) is 6.10 Å². The third-order valence-electron chi connectivity index (χ3n) is 3.04. The van der Waals surface area contributed by atoms with Crippen LogP contribution in [0.3, 0.4) is 0 Å². The largest absolute Gasteiger partial charge is 0.391 e. The minimum atomic E-state index is -0.247. The molecule has 0 radical (unpaired) electrons. The van der Waals surface area contributed by atoms with E-state index < -0.39 is 0 Å². The Morgan fingerprint density at radius 3 is 3.00 bits per heavy atom. The van der Waals surface area contributed by atoms with Gasteiger partial charge in [-0.2, -0.15) is 0 Å². The SMILES string of the molecule is OC1CCCN(c2ccc3nccnc3n2)C1. The van der Waals surface area contributed by atoms with E-state index in [1.807, 2.05) is 12.1 Å². The van der Waals surface area contributed by atoms with Crippen LogP contribution in [0.2, 0.25) is 0 Å². The molecule has 0 spiro atoms. The maximum atomic E-state index is 9.66. The molecule has 3 rings (SSSR count). The van der Waals surface area contributed by atoms with Crippen molar-refractivity contribution in [3.63, 3.8) is 0 Å². The second-order valence-corrected chi connectivity index (χ2v) is 4.31. The molecule has 1 atom stereocenters. The number of pyridine rings is 1. The predicted octanol–water partition coefficient (Wildman–Crippen LogP) is 0.986. The molecule has 5 heteroatoms. The lowest BCUT2D eigenvalue weighted by atomic mass is 10.1. The Labute approximate surface area is 99.1 Å². The van der Waals surface area contributed by atoms with Crippen molar-refractivity contribution in [2.75, 3.05) is 18.0 Å². The summed E-state index contributed by atoms with van der Waals surface area (Å²) in [5, 5.41) is 9.66. The standard InChI is InChI=1S/C12H14N4O/c17-9-2-1-7-16(8-9)11-4-3-10-12(15-11)14-6-5-13-10/h3-6,9,17H,1-2,7-8H2. The van der Waals surface area contributed by atoms with Gasteiger partial charge >= 0.3 is 0 Å². The van der Waals surface area contributed by atoms with Crippen LogP contribution in [0.15, 0.2) is 24.5 Å². The van der Waals surface area contributed by atoms with Crippen LogP contribution in [-0.4, -0.2) is 39.3 Å². The van der Waals surface area contributed by atoms with Gasteiger partial charge in [0.1, 0.15) is 11.3 Å². The summed E-state index contributed by atoms with van der Waals surface area (Å²) in [6, 6.07) is 3.86. The Morgan fingerprint density at radius 1 is 1.24 bits per heavy atom. The molecule has 3 heterocycles. The number of aliphatic hydroxyl groups excluding tert-OH is 1. The Morgan fingerprint density at radius 2 is 2.12 bits per heavy atom. The number of hydrogen-bond acceptors (Lipinski definition) is 5. The van der Waals surface area contributed by atoms with E-state index in [4.69, 9.17) is 0 Å². The number of hydrogen-bond donors (Lipinski definition) is 1. The highest BCUT2D eigenvalue weighted by Crippen LogP contribution is 2.19. The van der Waals surface area contributed by atoms with E-state index in [9.17, 15) is 5.11 Å². The van der Waals surface area contributed by atoms with E-state index in [1.165, 1.54) is 0 Å². The minimum Gasteiger partial charge on any atom is -0.391 e. The summed E-state index contributed by atoms with van der Waals surface area (Å²) < 4.78 is 0. The van der Waals surface area contributed by atoms with Gasteiger partial charge in [0, 0.05) is 25.5 Å². The molecule has 0 aliphatic carbocycles. The molecule has 1 unspecified atom stereocenters. The normalized spacial score (nSPS) is 20.8. The third-order valence-corrected chi connectivity index (χ3v) is 3.04. The summed E-state index contributed by atoms with van der Waals surface area (Å²) in [6.07, 6.45) is 4.94. The van der Waals surface area contributed by atoms with Crippen LogP contribution in [0.1, 0.15) is 12.8 Å². The maximum Gasteiger partial charge on any atom is 0.180 e. The summed E-state index contributed by atoms with van der Waals surface area (Å²) in [6.45, 7) is 1.59. The lowest BCUT2D eigenvalue weighted by molar-refractivity contribution is 0.154. The van der Waals surface area contributed by atoms with Gasteiger partial charge in [-0.3, -0.25) is 4.98 Å². The second-order valence-electron chi connectivity index (χ2n) is 4.31. The first kappa shape index (κ1) is 10.4. The van der Waals surface area contributed by atoms with Crippen LogP contribution in [0.25, 0.3) is 11.2 Å². The van der Waals surface area contributed by atoms with Gasteiger partial charge in [-0.1, -0.05) is 0 Å². The quantitative estimate of drug-likeness (QED) is 0.791. The van der Waals surface area contributed by atoms with Crippen molar-refractivity contribution < 1.29 is 5.11 Å². The van der Waals surface area contributed by atoms with Gasteiger partial charge in [0.15, 0.2) is 5.65 Å². The molecular weight excluding hydrogens is 216 g/mol. The molecule has 0 bridgehead atoms. The number of fused-ring (bicyclic) bond motifs is 1. The minimum absolute atomic E-state index is 0.247. The molecule has 1 aliphatic rings. The van der Waals surface area contributed by atoms with Gasteiger partial charge in [0.05, 0.1) is 6.10 Å². The van der Waals surface area contributed by atoms with Crippen molar-refractivity contribution in [1.82, 2.24) is 15.0 Å². The molecule has 0 amide bonds. The number of anilines is 1. The van der Waals surface area contributed by atoms with Gasteiger partial charge in [0.25, 0.3) is 0 Å². The van der Waals surface area contributed by atoms with Crippen molar-refractivity contribution in [3.05, 3.63) is 24.5 Å². The maximum absolute atomic E-state index is 9.66. The first-order chi connectivity index (χ1) is 8.33. The monoisotopic (exact) mass is 230 g/mol. The molecule has 88 valence electrons. The molecule has 17 heavy (non-hydrogen) atoms. The zero-order valence-corrected chi connectivity index (χ0v) is 9.45. The van der Waals surface area contributed by atoms with Crippen LogP contribution < -0.4 is 4.90 Å². The zero-order chi connectivity index (χ0) is 11.7. The average Bonchev–Trinajstić information content (AvgIpc) is 2.38. The van der Waals surface area contributed by atoms with E-state index in [0.29, 0.717) is 12.2 Å². The third kappa shape index (κ3) is 2.06. The Kier molecular flexibility index (Phi) is 2.60. The number of aromatic nitrogens is 3. The predicted molar refractivity (Wildman–Crippen MR) is 64.8 cm³/mol. The average molecular weight is 230 g/mol. The molecule has 2 aromatic rings. The zero-order valence-electron chi connectivity index (χ0n) is 9.45. The number of β-amino-alcohol motifs (C(OH)–C–C–N with tert-alkyl or cyclic N) is 1. The summed E-state index contributed by atoms with van der Waals surface area (Å²) in [4.78, 5) is 15.0. The molecule has 5 nitrogen and oxygen atoms in total. The fourth-order valence-corrected chi connectivity index (χ4v) is 2.18. The van der Waals surface area contributed by atoms with Gasteiger partial charge in [-0.05, 0) is 25.0 Å². The highest BCUT2D eigenvalue weighted by atomic mass is 16.3. The summed E-state index contributed by atoms with van der Waals surface area (Å²) in [5.74, 6) is 0.872. The Balaban J connectivity index is 1.94. The Bertz CT molecular complexity index is 531. The van der Waals surface area contributed by atoms with E-state index in [1.54, 1.807) is 12.4 Å². The summed E-state index contributed by atoms with van der Waals surface area (Å²) in [5.41, 5.74) is 1.46. The van der Waals surface area contributed by atoms with Crippen LogP contribution in [0, 0.1) is 0 Å². The topological polar surface area (TPSA) is 62.1 Å². The molecule has 2 aromatic heterocycles. The van der Waals surface area contributed by atoms with Crippen LogP contribution in [0.5, 0.6) is 0 Å². The van der Waals surface area contributed by atoms with Gasteiger partial charge in [0.2, 0.25) is 0 Å². The van der Waals surface area contributed by atoms with Gasteiger partial charge < -0.3 is 10.0 Å². The van der Waals surface area contributed by atoms with Crippen molar-refractivity contribution in [3.8, 4) is 0 Å². The lowest BCUT2D eigenvalue weighted by Gasteiger charge is -2.30. The lowest BCUT2D eigenvalue weighted by Crippen LogP contribution is -2.38. The van der Waals surface area contributed by atoms with E-state index in [2.05, 4.69) is 19.9 Å². The van der Waals surface area contributed by atoms with E-state index >= 15 is 0 Å². The number of nitrogens with zero attached hydrogens (tertiary/aromatic N) is 4. The molecule has 1 saturated heterocycles. The highest BCUT2D eigenvalue weighted by Gasteiger charge is 2.18. The smallest absolute Gasteiger partial charge is 0.180 e. The molecule has 1 aliphatic heterocycles. The number of piperidine rings is 1. The molecule has 0 saturated carbocycles. The molecular formula is C12H14N4O. The number of rotatable bonds is 1.